The standard InChI is InChI=1S/C25H36O4S2/c1-24(2,3)18-12-16(28-7)14-20(22(18)26)30-10-9-11-31-21-15-17(29-8)13-19(23(21)27)25(4,5)6/h12-15,26-27H,9-11H2,1-8H3. The van der Waals surface area contributed by atoms with E-state index in [0.717, 1.165) is 50.3 Å². The van der Waals surface area contributed by atoms with Gasteiger partial charge in [0.2, 0.25) is 0 Å². The molecule has 0 heterocycles. The molecule has 0 aliphatic carbocycles. The lowest BCUT2D eigenvalue weighted by molar-refractivity contribution is 0.400. The van der Waals surface area contributed by atoms with E-state index in [2.05, 4.69) is 41.5 Å². The molecule has 0 amide bonds. The SMILES string of the molecule is COc1cc(SCCCSc2cc(OC)cc(C(C)(C)C)c2O)c(O)c(C(C)(C)C)c1. The van der Waals surface area contributed by atoms with Gasteiger partial charge in [-0.1, -0.05) is 41.5 Å². The quantitative estimate of drug-likeness (QED) is 0.324. The summed E-state index contributed by atoms with van der Waals surface area (Å²) in [4.78, 5) is 1.68. The van der Waals surface area contributed by atoms with Gasteiger partial charge in [0.25, 0.3) is 0 Å². The summed E-state index contributed by atoms with van der Waals surface area (Å²) < 4.78 is 10.9. The number of thioether (sulfide) groups is 2. The Morgan fingerprint density at radius 2 is 1.03 bits per heavy atom. The van der Waals surface area contributed by atoms with Crippen molar-refractivity contribution in [3.05, 3.63) is 35.4 Å². The van der Waals surface area contributed by atoms with Crippen LogP contribution in [0.2, 0.25) is 0 Å². The lowest BCUT2D eigenvalue weighted by Crippen LogP contribution is -2.12. The van der Waals surface area contributed by atoms with Gasteiger partial charge in [0, 0.05) is 11.1 Å². The number of benzene rings is 2. The fourth-order valence-corrected chi connectivity index (χ4v) is 5.28. The highest BCUT2D eigenvalue weighted by atomic mass is 32.2. The molecule has 0 atom stereocenters. The molecule has 0 saturated heterocycles. The topological polar surface area (TPSA) is 58.9 Å². The summed E-state index contributed by atoms with van der Waals surface area (Å²) in [6, 6.07) is 7.61. The molecular weight excluding hydrogens is 428 g/mol. The van der Waals surface area contributed by atoms with Gasteiger partial charge in [-0.25, -0.2) is 0 Å². The highest BCUT2D eigenvalue weighted by Gasteiger charge is 2.23. The Hall–Kier alpha value is -1.66. The van der Waals surface area contributed by atoms with E-state index in [1.807, 2.05) is 24.3 Å². The van der Waals surface area contributed by atoms with E-state index in [9.17, 15) is 10.2 Å². The van der Waals surface area contributed by atoms with Gasteiger partial charge >= 0.3 is 0 Å². The lowest BCUT2D eigenvalue weighted by atomic mass is 9.86. The van der Waals surface area contributed by atoms with E-state index < -0.39 is 0 Å². The number of rotatable bonds is 8. The summed E-state index contributed by atoms with van der Waals surface area (Å²) in [5.74, 6) is 3.91. The van der Waals surface area contributed by atoms with Crippen molar-refractivity contribution in [2.75, 3.05) is 25.7 Å². The first-order valence-corrected chi connectivity index (χ1v) is 12.4. The Kier molecular flexibility index (Phi) is 8.51. The van der Waals surface area contributed by atoms with Crippen LogP contribution in [0.4, 0.5) is 0 Å². The second-order valence-electron chi connectivity index (χ2n) is 9.59. The Morgan fingerprint density at radius 3 is 1.32 bits per heavy atom. The number of phenolic OH excluding ortho intramolecular Hbond substituents is 2. The molecule has 2 rings (SSSR count). The van der Waals surface area contributed by atoms with E-state index in [4.69, 9.17) is 9.47 Å². The molecule has 31 heavy (non-hydrogen) atoms. The highest BCUT2D eigenvalue weighted by Crippen LogP contribution is 2.43. The summed E-state index contributed by atoms with van der Waals surface area (Å²) in [7, 11) is 3.30. The maximum Gasteiger partial charge on any atom is 0.133 e. The van der Waals surface area contributed by atoms with Crippen molar-refractivity contribution in [1.29, 1.82) is 0 Å². The summed E-state index contributed by atoms with van der Waals surface area (Å²) in [5, 5.41) is 21.5. The molecular formula is C25H36O4S2. The Balaban J connectivity index is 2.05. The monoisotopic (exact) mass is 464 g/mol. The predicted molar refractivity (Wildman–Crippen MR) is 133 cm³/mol. The van der Waals surface area contributed by atoms with Crippen LogP contribution in [0.5, 0.6) is 23.0 Å². The summed E-state index contributed by atoms with van der Waals surface area (Å²) >= 11 is 3.26. The van der Waals surface area contributed by atoms with Gasteiger partial charge in [-0.3, -0.25) is 0 Å². The van der Waals surface area contributed by atoms with Gasteiger partial charge in [0.15, 0.2) is 0 Å². The molecule has 4 nitrogen and oxygen atoms in total. The van der Waals surface area contributed by atoms with Crippen LogP contribution >= 0.6 is 23.5 Å². The van der Waals surface area contributed by atoms with Crippen molar-refractivity contribution in [1.82, 2.24) is 0 Å². The van der Waals surface area contributed by atoms with E-state index in [-0.39, 0.29) is 10.8 Å². The molecule has 0 saturated carbocycles. The minimum absolute atomic E-state index is 0.168. The largest absolute Gasteiger partial charge is 0.506 e. The van der Waals surface area contributed by atoms with Crippen LogP contribution in [-0.4, -0.2) is 35.9 Å². The molecule has 2 aromatic carbocycles. The van der Waals surface area contributed by atoms with Crippen molar-refractivity contribution in [2.24, 2.45) is 0 Å². The number of aromatic hydroxyl groups is 2. The van der Waals surface area contributed by atoms with Gasteiger partial charge in [-0.2, -0.15) is 0 Å². The van der Waals surface area contributed by atoms with Crippen molar-refractivity contribution in [3.8, 4) is 23.0 Å². The van der Waals surface area contributed by atoms with Crippen molar-refractivity contribution < 1.29 is 19.7 Å². The fraction of sp³-hybridized carbons (Fsp3) is 0.520. The third-order valence-corrected chi connectivity index (χ3v) is 7.22. The molecule has 0 radical (unpaired) electrons. The van der Waals surface area contributed by atoms with Gasteiger partial charge in [-0.15, -0.1) is 23.5 Å². The highest BCUT2D eigenvalue weighted by molar-refractivity contribution is 8.00. The van der Waals surface area contributed by atoms with Crippen LogP contribution in [-0.2, 0) is 10.8 Å². The average molecular weight is 465 g/mol. The zero-order chi connectivity index (χ0) is 23.4. The number of hydrogen-bond acceptors (Lipinski definition) is 6. The first kappa shape index (κ1) is 25.6. The fourth-order valence-electron chi connectivity index (χ4n) is 3.19. The molecule has 0 aliphatic rings. The molecule has 2 N–H and O–H groups in total. The van der Waals surface area contributed by atoms with Crippen molar-refractivity contribution in [3.63, 3.8) is 0 Å². The van der Waals surface area contributed by atoms with Gasteiger partial charge < -0.3 is 19.7 Å². The lowest BCUT2D eigenvalue weighted by Gasteiger charge is -2.23. The average Bonchev–Trinajstić information content (AvgIpc) is 2.68. The molecule has 172 valence electrons. The Labute approximate surface area is 195 Å². The van der Waals surface area contributed by atoms with Crippen LogP contribution in [0.15, 0.2) is 34.1 Å². The second kappa shape index (κ2) is 10.3. The maximum absolute atomic E-state index is 10.8. The first-order valence-electron chi connectivity index (χ1n) is 10.5. The Morgan fingerprint density at radius 1 is 0.677 bits per heavy atom. The molecule has 0 aromatic heterocycles. The number of methoxy groups -OCH3 is 2. The normalized spacial score (nSPS) is 12.1. The maximum atomic E-state index is 10.8. The molecule has 0 spiro atoms. The molecule has 0 bridgehead atoms. The zero-order valence-corrected chi connectivity index (χ0v) is 21.6. The summed E-state index contributed by atoms with van der Waals surface area (Å²) in [6.07, 6.45) is 0.929. The van der Waals surface area contributed by atoms with E-state index in [0.29, 0.717) is 11.5 Å². The van der Waals surface area contributed by atoms with E-state index in [1.54, 1.807) is 37.7 Å². The number of ether oxygens (including phenoxy) is 2. The molecule has 6 heteroatoms. The minimum atomic E-state index is -0.168. The van der Waals surface area contributed by atoms with Crippen LogP contribution in [0.1, 0.15) is 59.1 Å². The van der Waals surface area contributed by atoms with E-state index >= 15 is 0 Å². The smallest absolute Gasteiger partial charge is 0.133 e. The Bertz CT molecular complexity index is 822. The second-order valence-corrected chi connectivity index (χ2v) is 11.9. The van der Waals surface area contributed by atoms with Crippen LogP contribution in [0, 0.1) is 0 Å². The first-order chi connectivity index (χ1) is 14.4. The molecule has 0 fully saturated rings. The summed E-state index contributed by atoms with van der Waals surface area (Å²) in [5.41, 5.74) is 1.44. The van der Waals surface area contributed by atoms with Crippen molar-refractivity contribution in [2.45, 2.75) is 68.6 Å². The van der Waals surface area contributed by atoms with Crippen LogP contribution < -0.4 is 9.47 Å². The van der Waals surface area contributed by atoms with E-state index in [1.165, 1.54) is 0 Å². The van der Waals surface area contributed by atoms with Gasteiger partial charge in [0.05, 0.1) is 24.0 Å². The predicted octanol–water partition coefficient (Wildman–Crippen LogP) is 6.98. The third-order valence-electron chi connectivity index (χ3n) is 4.99. The zero-order valence-electron chi connectivity index (χ0n) is 20.0. The molecule has 2 aromatic rings. The number of phenols is 2. The molecule has 0 aliphatic heterocycles. The number of hydrogen-bond donors (Lipinski definition) is 2. The third kappa shape index (κ3) is 6.66. The molecule has 0 unspecified atom stereocenters. The minimum Gasteiger partial charge on any atom is -0.506 e. The van der Waals surface area contributed by atoms with Crippen LogP contribution in [0.3, 0.4) is 0 Å². The van der Waals surface area contributed by atoms with Crippen LogP contribution in [0.25, 0.3) is 0 Å². The van der Waals surface area contributed by atoms with Crippen molar-refractivity contribution >= 4 is 23.5 Å². The van der Waals surface area contributed by atoms with Gasteiger partial charge in [-0.05, 0) is 53.0 Å². The van der Waals surface area contributed by atoms with Gasteiger partial charge in [0.1, 0.15) is 23.0 Å². The summed E-state index contributed by atoms with van der Waals surface area (Å²) in [6.45, 7) is 12.5.